The minimum atomic E-state index is -4.25. The molecule has 84 valence electrons. The van der Waals surface area contributed by atoms with Crippen LogP contribution in [-0.2, 0) is 4.74 Å². The van der Waals surface area contributed by atoms with Gasteiger partial charge in [0.05, 0.1) is 12.2 Å². The Bertz CT molecular complexity index is 286. The number of halogens is 3. The fourth-order valence-electron chi connectivity index (χ4n) is 2.37. The molecule has 6 heteroatoms. The molecule has 2 aliphatic rings. The first-order valence-corrected chi connectivity index (χ1v) is 4.87. The van der Waals surface area contributed by atoms with Crippen molar-refractivity contribution >= 4 is 0 Å². The van der Waals surface area contributed by atoms with Crippen LogP contribution in [0.3, 0.4) is 0 Å². The molecule has 0 amide bonds. The highest BCUT2D eigenvalue weighted by molar-refractivity contribution is 5.02. The molecule has 0 aromatic rings. The van der Waals surface area contributed by atoms with Gasteiger partial charge in [-0.3, -0.25) is 0 Å². The van der Waals surface area contributed by atoms with Crippen molar-refractivity contribution in [2.45, 2.75) is 37.3 Å². The predicted molar refractivity (Wildman–Crippen MR) is 44.8 cm³/mol. The SMILES string of the molecule is N#CC1CC2C(CCNC2C(F)(F)F)O1. The lowest BCUT2D eigenvalue weighted by Crippen LogP contribution is -2.54. The first-order chi connectivity index (χ1) is 7.02. The summed E-state index contributed by atoms with van der Waals surface area (Å²) >= 11 is 0. The molecule has 0 saturated carbocycles. The van der Waals surface area contributed by atoms with Crippen LogP contribution in [-0.4, -0.2) is 31.0 Å². The van der Waals surface area contributed by atoms with Gasteiger partial charge in [-0.25, -0.2) is 0 Å². The lowest BCUT2D eigenvalue weighted by atomic mass is 9.86. The first kappa shape index (κ1) is 10.7. The first-order valence-electron chi connectivity index (χ1n) is 4.87. The number of ether oxygens (including phenoxy) is 1. The minimum Gasteiger partial charge on any atom is -0.360 e. The van der Waals surface area contributed by atoms with E-state index in [1.54, 1.807) is 0 Å². The number of nitrogens with zero attached hydrogens (tertiary/aromatic N) is 1. The Kier molecular flexibility index (Phi) is 2.61. The zero-order chi connectivity index (χ0) is 11.1. The van der Waals surface area contributed by atoms with Gasteiger partial charge >= 0.3 is 6.18 Å². The average molecular weight is 220 g/mol. The third-order valence-corrected chi connectivity index (χ3v) is 3.02. The van der Waals surface area contributed by atoms with Crippen LogP contribution in [0, 0.1) is 17.2 Å². The molecule has 2 heterocycles. The summed E-state index contributed by atoms with van der Waals surface area (Å²) in [6, 6.07) is 0.356. The van der Waals surface area contributed by atoms with Gasteiger partial charge < -0.3 is 10.1 Å². The molecule has 3 nitrogen and oxygen atoms in total. The van der Waals surface area contributed by atoms with Crippen molar-refractivity contribution in [1.82, 2.24) is 5.32 Å². The van der Waals surface area contributed by atoms with Crippen molar-refractivity contribution in [3.05, 3.63) is 0 Å². The summed E-state index contributed by atoms with van der Waals surface area (Å²) < 4.78 is 43.1. The third kappa shape index (κ3) is 1.94. The van der Waals surface area contributed by atoms with Crippen LogP contribution >= 0.6 is 0 Å². The van der Waals surface area contributed by atoms with E-state index in [4.69, 9.17) is 10.00 Å². The van der Waals surface area contributed by atoms with E-state index in [0.29, 0.717) is 13.0 Å². The van der Waals surface area contributed by atoms with Crippen molar-refractivity contribution in [3.8, 4) is 6.07 Å². The van der Waals surface area contributed by atoms with Crippen molar-refractivity contribution < 1.29 is 17.9 Å². The lowest BCUT2D eigenvalue weighted by Gasteiger charge is -2.34. The molecule has 0 aromatic carbocycles. The summed E-state index contributed by atoms with van der Waals surface area (Å²) in [6.45, 7) is 0.295. The Labute approximate surface area is 85.2 Å². The fraction of sp³-hybridized carbons (Fsp3) is 0.889. The van der Waals surface area contributed by atoms with Crippen molar-refractivity contribution in [2.75, 3.05) is 6.54 Å². The summed E-state index contributed by atoms with van der Waals surface area (Å²) in [5, 5.41) is 11.1. The summed E-state index contributed by atoms with van der Waals surface area (Å²) in [4.78, 5) is 0. The van der Waals surface area contributed by atoms with Gasteiger partial charge in [-0.15, -0.1) is 0 Å². The molecule has 2 fully saturated rings. The highest BCUT2D eigenvalue weighted by Gasteiger charge is 2.52. The molecule has 0 aromatic heterocycles. The Morgan fingerprint density at radius 2 is 2.13 bits per heavy atom. The van der Waals surface area contributed by atoms with Gasteiger partial charge in [-0.1, -0.05) is 0 Å². The van der Waals surface area contributed by atoms with Crippen LogP contribution in [0.4, 0.5) is 13.2 Å². The molecule has 1 N–H and O–H groups in total. The largest absolute Gasteiger partial charge is 0.404 e. The molecule has 15 heavy (non-hydrogen) atoms. The highest BCUT2D eigenvalue weighted by Crippen LogP contribution is 2.39. The Hall–Kier alpha value is -0.800. The van der Waals surface area contributed by atoms with E-state index in [1.165, 1.54) is 0 Å². The Balaban J connectivity index is 2.13. The Morgan fingerprint density at radius 1 is 1.40 bits per heavy atom. The number of rotatable bonds is 0. The number of piperidine rings is 1. The fourth-order valence-corrected chi connectivity index (χ4v) is 2.37. The molecule has 2 aliphatic heterocycles. The quantitative estimate of drug-likeness (QED) is 0.667. The maximum atomic E-state index is 12.6. The second kappa shape index (κ2) is 3.65. The molecule has 0 radical (unpaired) electrons. The minimum absolute atomic E-state index is 0.179. The van der Waals surface area contributed by atoms with Gasteiger partial charge in [0.1, 0.15) is 12.1 Å². The number of hydrogen-bond acceptors (Lipinski definition) is 3. The average Bonchev–Trinajstić information content (AvgIpc) is 2.57. The lowest BCUT2D eigenvalue weighted by molar-refractivity contribution is -0.178. The number of nitrogens with one attached hydrogen (secondary N) is 1. The second-order valence-corrected chi connectivity index (χ2v) is 3.95. The van der Waals surface area contributed by atoms with Crippen LogP contribution in [0.5, 0.6) is 0 Å². The van der Waals surface area contributed by atoms with Crippen LogP contribution in [0.1, 0.15) is 12.8 Å². The van der Waals surface area contributed by atoms with Crippen LogP contribution in [0.25, 0.3) is 0 Å². The molecule has 4 unspecified atom stereocenters. The van der Waals surface area contributed by atoms with Crippen molar-refractivity contribution in [1.29, 1.82) is 5.26 Å². The zero-order valence-electron chi connectivity index (χ0n) is 7.92. The number of nitriles is 1. The van der Waals surface area contributed by atoms with E-state index in [-0.39, 0.29) is 6.42 Å². The monoisotopic (exact) mass is 220 g/mol. The van der Waals surface area contributed by atoms with E-state index in [0.717, 1.165) is 0 Å². The molecular formula is C9H11F3N2O. The van der Waals surface area contributed by atoms with E-state index in [1.807, 2.05) is 6.07 Å². The van der Waals surface area contributed by atoms with Gasteiger partial charge in [0, 0.05) is 5.92 Å². The standard InChI is InChI=1S/C9H11F3N2O/c10-9(11,12)8-6-3-5(4-13)15-7(6)1-2-14-8/h5-8,14H,1-3H2. The topological polar surface area (TPSA) is 45.0 Å². The zero-order valence-corrected chi connectivity index (χ0v) is 7.92. The number of hydrogen-bond donors (Lipinski definition) is 1. The van der Waals surface area contributed by atoms with Crippen molar-refractivity contribution in [3.63, 3.8) is 0 Å². The molecule has 0 aliphatic carbocycles. The van der Waals surface area contributed by atoms with E-state index < -0.39 is 30.3 Å². The molecule has 0 spiro atoms. The van der Waals surface area contributed by atoms with Gasteiger partial charge in [0.25, 0.3) is 0 Å². The summed E-state index contributed by atoms with van der Waals surface area (Å²) in [5.41, 5.74) is 0. The predicted octanol–water partition coefficient (Wildman–Crippen LogP) is 1.21. The van der Waals surface area contributed by atoms with E-state index in [2.05, 4.69) is 5.32 Å². The van der Waals surface area contributed by atoms with Crippen LogP contribution in [0.2, 0.25) is 0 Å². The summed E-state index contributed by atoms with van der Waals surface area (Å²) in [5.74, 6) is -0.608. The van der Waals surface area contributed by atoms with Crippen LogP contribution in [0.15, 0.2) is 0 Å². The molecular weight excluding hydrogens is 209 g/mol. The number of alkyl halides is 3. The normalized spacial score (nSPS) is 40.9. The number of fused-ring (bicyclic) bond motifs is 1. The molecule has 2 rings (SSSR count). The third-order valence-electron chi connectivity index (χ3n) is 3.02. The Morgan fingerprint density at radius 3 is 2.73 bits per heavy atom. The van der Waals surface area contributed by atoms with Crippen molar-refractivity contribution in [2.24, 2.45) is 5.92 Å². The maximum absolute atomic E-state index is 12.6. The van der Waals surface area contributed by atoms with Gasteiger partial charge in [-0.2, -0.15) is 18.4 Å². The summed E-state index contributed by atoms with van der Waals surface area (Å²) in [7, 11) is 0. The highest BCUT2D eigenvalue weighted by atomic mass is 19.4. The molecule has 4 atom stereocenters. The maximum Gasteiger partial charge on any atom is 0.404 e. The second-order valence-electron chi connectivity index (χ2n) is 3.95. The van der Waals surface area contributed by atoms with E-state index in [9.17, 15) is 13.2 Å². The van der Waals surface area contributed by atoms with Gasteiger partial charge in [-0.05, 0) is 19.4 Å². The van der Waals surface area contributed by atoms with E-state index >= 15 is 0 Å². The van der Waals surface area contributed by atoms with Gasteiger partial charge in [0.2, 0.25) is 0 Å². The van der Waals surface area contributed by atoms with Crippen LogP contribution < -0.4 is 5.32 Å². The smallest absolute Gasteiger partial charge is 0.360 e. The van der Waals surface area contributed by atoms with Gasteiger partial charge in [0.15, 0.2) is 0 Å². The summed E-state index contributed by atoms with van der Waals surface area (Å²) in [6.07, 6.45) is -4.61. The molecule has 2 saturated heterocycles. The molecule has 0 bridgehead atoms.